The normalized spacial score (nSPS) is 24.6. The first-order valence-corrected chi connectivity index (χ1v) is 12.8. The third kappa shape index (κ3) is 6.70. The van der Waals surface area contributed by atoms with E-state index in [1.54, 1.807) is 11.0 Å². The topological polar surface area (TPSA) is 135 Å². The second-order valence-corrected chi connectivity index (χ2v) is 10.6. The number of morpholine rings is 1. The van der Waals surface area contributed by atoms with Crippen molar-refractivity contribution in [2.45, 2.75) is 44.2 Å². The molecule has 0 spiro atoms. The molecule has 3 fully saturated rings. The Morgan fingerprint density at radius 2 is 2.00 bits per heavy atom. The Bertz CT molecular complexity index is 1040. The second-order valence-electron chi connectivity index (χ2n) is 10.6. The van der Waals surface area contributed by atoms with Gasteiger partial charge in [0.15, 0.2) is 0 Å². The van der Waals surface area contributed by atoms with Crippen molar-refractivity contribution in [3.05, 3.63) is 47.5 Å². The van der Waals surface area contributed by atoms with Gasteiger partial charge in [-0.15, -0.1) is 0 Å². The van der Waals surface area contributed by atoms with Crippen LogP contribution in [0.2, 0.25) is 0 Å². The van der Waals surface area contributed by atoms with Crippen molar-refractivity contribution in [2.75, 3.05) is 39.5 Å². The van der Waals surface area contributed by atoms with E-state index in [9.17, 15) is 24.9 Å². The molecular weight excluding hydrogens is 475 g/mol. The summed E-state index contributed by atoms with van der Waals surface area (Å²) in [6.07, 6.45) is 2.12. The van der Waals surface area contributed by atoms with Gasteiger partial charge in [-0.3, -0.25) is 9.69 Å². The number of ether oxygens (including phenoxy) is 2. The van der Waals surface area contributed by atoms with Gasteiger partial charge in [-0.1, -0.05) is 30.3 Å². The molecule has 10 nitrogen and oxygen atoms in total. The van der Waals surface area contributed by atoms with E-state index in [4.69, 9.17) is 9.47 Å². The summed E-state index contributed by atoms with van der Waals surface area (Å²) in [6.45, 7) is 7.15. The molecule has 2 aliphatic heterocycles. The van der Waals surface area contributed by atoms with Crippen molar-refractivity contribution in [3.63, 3.8) is 0 Å². The van der Waals surface area contributed by atoms with Gasteiger partial charge < -0.3 is 29.7 Å². The molecule has 2 amide bonds. The standard InChI is InChI=1S/C26H35BN4O6/c1-26(2,30-8-10-36-11-9-30)14-20(15-28)24(32)31-16-19-13-21(19)22(31)17-37-25(33)29-23(27(34)35)12-18-6-4-3-5-7-18/h3-7,14,19,21-23,34-35H,8-13,16-17H2,1-2H3,(H,29,33)/t19-,21-,22-,23-/m0/s1. The molecule has 0 radical (unpaired) electrons. The highest BCUT2D eigenvalue weighted by atomic mass is 16.5. The number of alkyl carbamates (subject to hydrolysis) is 1. The van der Waals surface area contributed by atoms with Crippen LogP contribution in [0.15, 0.2) is 42.0 Å². The minimum absolute atomic E-state index is 0.0239. The fourth-order valence-electron chi connectivity index (χ4n) is 5.35. The monoisotopic (exact) mass is 510 g/mol. The average Bonchev–Trinajstić information content (AvgIpc) is 3.57. The molecule has 3 aliphatic rings. The van der Waals surface area contributed by atoms with E-state index in [-0.39, 0.29) is 36.5 Å². The number of benzene rings is 1. The summed E-state index contributed by atoms with van der Waals surface area (Å²) in [5.41, 5.74) is 0.432. The summed E-state index contributed by atoms with van der Waals surface area (Å²) >= 11 is 0. The smallest absolute Gasteiger partial charge is 0.447 e. The van der Waals surface area contributed by atoms with Crippen LogP contribution >= 0.6 is 0 Å². The van der Waals surface area contributed by atoms with E-state index in [0.29, 0.717) is 25.7 Å². The van der Waals surface area contributed by atoms with E-state index in [0.717, 1.165) is 25.1 Å². The van der Waals surface area contributed by atoms with Gasteiger partial charge in [0, 0.05) is 25.2 Å². The molecule has 2 heterocycles. The summed E-state index contributed by atoms with van der Waals surface area (Å²) < 4.78 is 10.9. The molecule has 1 aliphatic carbocycles. The molecule has 4 rings (SSSR count). The van der Waals surface area contributed by atoms with Gasteiger partial charge in [0.25, 0.3) is 5.91 Å². The fourth-order valence-corrected chi connectivity index (χ4v) is 5.35. The number of hydrogen-bond donors (Lipinski definition) is 3. The van der Waals surface area contributed by atoms with Crippen LogP contribution in [-0.4, -0.2) is 95.9 Å². The van der Waals surface area contributed by atoms with E-state index >= 15 is 0 Å². The highest BCUT2D eigenvalue weighted by molar-refractivity contribution is 6.43. The zero-order chi connectivity index (χ0) is 26.6. The molecule has 1 aromatic carbocycles. The molecule has 198 valence electrons. The van der Waals surface area contributed by atoms with Crippen LogP contribution in [0.25, 0.3) is 0 Å². The molecule has 3 N–H and O–H groups in total. The van der Waals surface area contributed by atoms with Gasteiger partial charge in [0.05, 0.1) is 25.2 Å². The Labute approximate surface area is 218 Å². The molecule has 0 unspecified atom stereocenters. The lowest BCUT2D eigenvalue weighted by atomic mass is 9.76. The lowest BCUT2D eigenvalue weighted by Crippen LogP contribution is -2.50. The highest BCUT2D eigenvalue weighted by Gasteiger charge is 2.54. The first-order valence-electron chi connectivity index (χ1n) is 12.8. The zero-order valence-electron chi connectivity index (χ0n) is 21.4. The number of fused-ring (bicyclic) bond motifs is 1. The molecule has 1 aromatic rings. The number of nitriles is 1. The maximum atomic E-state index is 13.4. The minimum Gasteiger partial charge on any atom is -0.447 e. The fraction of sp³-hybridized carbons (Fsp3) is 0.577. The molecule has 2 saturated heterocycles. The number of nitrogens with one attached hydrogen (secondary N) is 1. The molecule has 11 heteroatoms. The predicted molar refractivity (Wildman–Crippen MR) is 136 cm³/mol. The van der Waals surface area contributed by atoms with Crippen molar-refractivity contribution in [2.24, 2.45) is 11.8 Å². The van der Waals surface area contributed by atoms with Crippen LogP contribution in [0.3, 0.4) is 0 Å². The Hall–Kier alpha value is -2.91. The predicted octanol–water partition coefficient (Wildman–Crippen LogP) is 0.744. The van der Waals surface area contributed by atoms with Gasteiger partial charge in [-0.25, -0.2) is 4.79 Å². The van der Waals surface area contributed by atoms with Crippen LogP contribution in [0.1, 0.15) is 25.8 Å². The summed E-state index contributed by atoms with van der Waals surface area (Å²) in [5, 5.41) is 31.8. The zero-order valence-corrected chi connectivity index (χ0v) is 21.4. The molecule has 4 atom stereocenters. The summed E-state index contributed by atoms with van der Waals surface area (Å²) in [4.78, 5) is 29.8. The van der Waals surface area contributed by atoms with Crippen LogP contribution < -0.4 is 5.32 Å². The number of carbonyl (C=O) groups excluding carboxylic acids is 2. The maximum Gasteiger partial charge on any atom is 0.475 e. The summed E-state index contributed by atoms with van der Waals surface area (Å²) in [6, 6.07) is 10.9. The van der Waals surface area contributed by atoms with Crippen molar-refractivity contribution in [1.82, 2.24) is 15.1 Å². The van der Waals surface area contributed by atoms with Gasteiger partial charge in [0.1, 0.15) is 18.2 Å². The number of nitrogens with zero attached hydrogens (tertiary/aromatic N) is 3. The maximum absolute atomic E-state index is 13.4. The number of hydrogen-bond acceptors (Lipinski definition) is 8. The van der Waals surface area contributed by atoms with E-state index < -0.39 is 24.7 Å². The van der Waals surface area contributed by atoms with Gasteiger partial charge in [-0.2, -0.15) is 5.26 Å². The Morgan fingerprint density at radius 1 is 1.30 bits per heavy atom. The number of rotatable bonds is 9. The largest absolute Gasteiger partial charge is 0.475 e. The summed E-state index contributed by atoms with van der Waals surface area (Å²) in [5.74, 6) is -0.719. The molecule has 0 bridgehead atoms. The van der Waals surface area contributed by atoms with Crippen LogP contribution in [0.5, 0.6) is 0 Å². The quantitative estimate of drug-likeness (QED) is 0.252. The van der Waals surface area contributed by atoms with Gasteiger partial charge in [0.2, 0.25) is 0 Å². The lowest BCUT2D eigenvalue weighted by Gasteiger charge is -2.39. The first kappa shape index (κ1) is 27.1. The van der Waals surface area contributed by atoms with Crippen molar-refractivity contribution in [3.8, 4) is 6.07 Å². The van der Waals surface area contributed by atoms with Crippen molar-refractivity contribution < 1.29 is 29.1 Å². The Morgan fingerprint density at radius 3 is 2.65 bits per heavy atom. The number of amides is 2. The number of piperidine rings is 1. The minimum atomic E-state index is -1.76. The lowest BCUT2D eigenvalue weighted by molar-refractivity contribution is -0.129. The van der Waals surface area contributed by atoms with Crippen molar-refractivity contribution >= 4 is 19.1 Å². The summed E-state index contributed by atoms with van der Waals surface area (Å²) in [7, 11) is -1.76. The van der Waals surface area contributed by atoms with E-state index in [1.165, 1.54) is 0 Å². The number of carbonyl (C=O) groups is 2. The van der Waals surface area contributed by atoms with Crippen LogP contribution in [0.4, 0.5) is 4.79 Å². The molecule has 1 saturated carbocycles. The Balaban J connectivity index is 1.37. The van der Waals surface area contributed by atoms with Crippen LogP contribution in [-0.2, 0) is 20.7 Å². The third-order valence-corrected chi connectivity index (χ3v) is 7.59. The second kappa shape index (κ2) is 11.6. The van der Waals surface area contributed by atoms with Crippen molar-refractivity contribution in [1.29, 1.82) is 5.26 Å². The van der Waals surface area contributed by atoms with E-state index in [1.807, 2.05) is 44.2 Å². The Kier molecular flexibility index (Phi) is 8.54. The van der Waals surface area contributed by atoms with E-state index in [2.05, 4.69) is 16.3 Å². The highest BCUT2D eigenvalue weighted by Crippen LogP contribution is 2.50. The molecular formula is C26H35BN4O6. The number of likely N-dealkylation sites (tertiary alicyclic amines) is 1. The van der Waals surface area contributed by atoms with Crippen LogP contribution in [0, 0.1) is 23.2 Å². The third-order valence-electron chi connectivity index (χ3n) is 7.59. The molecule has 0 aromatic heterocycles. The van der Waals surface area contributed by atoms with Gasteiger partial charge >= 0.3 is 13.2 Å². The average molecular weight is 510 g/mol. The molecule has 37 heavy (non-hydrogen) atoms. The SMILES string of the molecule is CC(C)(C=C(C#N)C(=O)N1C[C@@H]2C[C@@H]2[C@@H]1COC(=O)N[C@@H](Cc1ccccc1)B(O)O)N1CCOCC1. The van der Waals surface area contributed by atoms with Gasteiger partial charge in [-0.05, 0) is 50.2 Å². The first-order chi connectivity index (χ1) is 17.7.